The Bertz CT molecular complexity index is 246. The number of carbonyl (C=O) groups excluding carboxylic acids is 1. The zero-order chi connectivity index (χ0) is 14.2. The van der Waals surface area contributed by atoms with Gasteiger partial charge < -0.3 is 14.2 Å². The Morgan fingerprint density at radius 1 is 1.06 bits per heavy atom. The lowest BCUT2D eigenvalue weighted by molar-refractivity contribution is -0.145. The minimum atomic E-state index is -0.309. The SMILES string of the molecule is CCOC(=O)CCC(C)(C)OCCC(C)(C)OC. The maximum atomic E-state index is 11.3. The van der Waals surface area contributed by atoms with Crippen LogP contribution in [0.5, 0.6) is 0 Å². The highest BCUT2D eigenvalue weighted by atomic mass is 16.5. The minimum Gasteiger partial charge on any atom is -0.466 e. The average Bonchev–Trinajstić information content (AvgIpc) is 2.26. The van der Waals surface area contributed by atoms with Gasteiger partial charge in [0, 0.05) is 13.5 Å². The van der Waals surface area contributed by atoms with Gasteiger partial charge in [-0.1, -0.05) is 0 Å². The average molecular weight is 260 g/mol. The highest BCUT2D eigenvalue weighted by Crippen LogP contribution is 2.20. The van der Waals surface area contributed by atoms with Gasteiger partial charge in [-0.3, -0.25) is 4.79 Å². The molecule has 0 aliphatic heterocycles. The number of hydrogen-bond acceptors (Lipinski definition) is 4. The molecule has 0 atom stereocenters. The first-order valence-corrected chi connectivity index (χ1v) is 6.57. The van der Waals surface area contributed by atoms with E-state index in [1.807, 2.05) is 34.6 Å². The summed E-state index contributed by atoms with van der Waals surface area (Å²) in [5.74, 6) is -0.161. The summed E-state index contributed by atoms with van der Waals surface area (Å²) in [6.07, 6.45) is 1.89. The Hall–Kier alpha value is -0.610. The summed E-state index contributed by atoms with van der Waals surface area (Å²) >= 11 is 0. The smallest absolute Gasteiger partial charge is 0.305 e. The van der Waals surface area contributed by atoms with E-state index in [9.17, 15) is 4.79 Å². The molecule has 0 unspecified atom stereocenters. The van der Waals surface area contributed by atoms with Gasteiger partial charge in [0.2, 0.25) is 0 Å². The number of methoxy groups -OCH3 is 1. The van der Waals surface area contributed by atoms with Gasteiger partial charge in [0.15, 0.2) is 0 Å². The largest absolute Gasteiger partial charge is 0.466 e. The van der Waals surface area contributed by atoms with Gasteiger partial charge in [0.25, 0.3) is 0 Å². The van der Waals surface area contributed by atoms with Gasteiger partial charge in [0.1, 0.15) is 0 Å². The molecule has 4 heteroatoms. The number of esters is 1. The molecule has 0 spiro atoms. The van der Waals surface area contributed by atoms with E-state index in [-0.39, 0.29) is 17.2 Å². The number of rotatable bonds is 9. The minimum absolute atomic E-state index is 0.161. The van der Waals surface area contributed by atoms with Crippen LogP contribution in [-0.2, 0) is 19.0 Å². The molecule has 18 heavy (non-hydrogen) atoms. The fourth-order valence-electron chi connectivity index (χ4n) is 1.38. The monoisotopic (exact) mass is 260 g/mol. The number of ether oxygens (including phenoxy) is 3. The second kappa shape index (κ2) is 7.74. The van der Waals surface area contributed by atoms with Crippen LogP contribution >= 0.6 is 0 Å². The van der Waals surface area contributed by atoms with Crippen LogP contribution in [0.25, 0.3) is 0 Å². The van der Waals surface area contributed by atoms with E-state index in [1.54, 1.807) is 7.11 Å². The van der Waals surface area contributed by atoms with Crippen molar-refractivity contribution in [2.24, 2.45) is 0 Å². The summed E-state index contributed by atoms with van der Waals surface area (Å²) in [5.41, 5.74) is -0.478. The first kappa shape index (κ1) is 17.4. The molecule has 0 heterocycles. The van der Waals surface area contributed by atoms with Crippen LogP contribution in [0.2, 0.25) is 0 Å². The lowest BCUT2D eigenvalue weighted by atomic mass is 10.0. The quantitative estimate of drug-likeness (QED) is 0.598. The maximum Gasteiger partial charge on any atom is 0.305 e. The fraction of sp³-hybridized carbons (Fsp3) is 0.929. The highest BCUT2D eigenvalue weighted by Gasteiger charge is 2.22. The Morgan fingerprint density at radius 2 is 1.67 bits per heavy atom. The summed E-state index contributed by atoms with van der Waals surface area (Å²) in [5, 5.41) is 0. The van der Waals surface area contributed by atoms with Crippen molar-refractivity contribution in [1.82, 2.24) is 0 Å². The molecule has 0 saturated heterocycles. The topological polar surface area (TPSA) is 44.8 Å². The summed E-state index contributed by atoms with van der Waals surface area (Å²) < 4.78 is 16.0. The van der Waals surface area contributed by atoms with E-state index in [0.717, 1.165) is 6.42 Å². The molecule has 108 valence electrons. The van der Waals surface area contributed by atoms with Crippen molar-refractivity contribution >= 4 is 5.97 Å². The molecular weight excluding hydrogens is 232 g/mol. The second-order valence-electron chi connectivity index (χ2n) is 5.63. The normalized spacial score (nSPS) is 12.6. The number of hydrogen-bond donors (Lipinski definition) is 0. The fourth-order valence-corrected chi connectivity index (χ4v) is 1.38. The van der Waals surface area contributed by atoms with E-state index >= 15 is 0 Å². The highest BCUT2D eigenvalue weighted by molar-refractivity contribution is 5.69. The second-order valence-corrected chi connectivity index (χ2v) is 5.63. The zero-order valence-corrected chi connectivity index (χ0v) is 12.7. The van der Waals surface area contributed by atoms with Crippen molar-refractivity contribution < 1.29 is 19.0 Å². The van der Waals surface area contributed by atoms with Gasteiger partial charge in [-0.2, -0.15) is 0 Å². The van der Waals surface area contributed by atoms with Crippen LogP contribution < -0.4 is 0 Å². The van der Waals surface area contributed by atoms with Crippen molar-refractivity contribution in [3.63, 3.8) is 0 Å². The third kappa shape index (κ3) is 8.48. The maximum absolute atomic E-state index is 11.3. The third-order valence-corrected chi connectivity index (χ3v) is 2.99. The predicted octanol–water partition coefficient (Wildman–Crippen LogP) is 2.94. The molecule has 0 aromatic carbocycles. The van der Waals surface area contributed by atoms with Gasteiger partial charge in [-0.15, -0.1) is 0 Å². The van der Waals surface area contributed by atoms with Crippen molar-refractivity contribution in [3.05, 3.63) is 0 Å². The van der Waals surface area contributed by atoms with Gasteiger partial charge >= 0.3 is 5.97 Å². The molecule has 0 radical (unpaired) electrons. The summed E-state index contributed by atoms with van der Waals surface area (Å²) in [7, 11) is 1.70. The van der Waals surface area contributed by atoms with Crippen molar-refractivity contribution in [3.8, 4) is 0 Å². The summed E-state index contributed by atoms with van der Waals surface area (Å²) in [6, 6.07) is 0. The molecule has 0 bridgehead atoms. The molecule has 0 saturated carbocycles. The van der Waals surface area contributed by atoms with Gasteiger partial charge in [-0.05, 0) is 47.5 Å². The molecule has 0 rings (SSSR count). The van der Waals surface area contributed by atoms with Crippen LogP contribution in [-0.4, -0.2) is 37.5 Å². The van der Waals surface area contributed by atoms with Crippen LogP contribution in [0.1, 0.15) is 53.9 Å². The van der Waals surface area contributed by atoms with Crippen LogP contribution in [0, 0.1) is 0 Å². The Kier molecular flexibility index (Phi) is 7.48. The molecule has 0 fully saturated rings. The first-order chi connectivity index (χ1) is 8.22. The third-order valence-electron chi connectivity index (χ3n) is 2.99. The van der Waals surface area contributed by atoms with Crippen molar-refractivity contribution in [2.75, 3.05) is 20.3 Å². The Balaban J connectivity index is 3.90. The van der Waals surface area contributed by atoms with Crippen LogP contribution in [0.4, 0.5) is 0 Å². The van der Waals surface area contributed by atoms with E-state index in [2.05, 4.69) is 0 Å². The molecule has 0 N–H and O–H groups in total. The summed E-state index contributed by atoms with van der Waals surface area (Å²) in [4.78, 5) is 11.3. The molecule has 0 aliphatic rings. The zero-order valence-electron chi connectivity index (χ0n) is 12.7. The molecular formula is C14H28O4. The van der Waals surface area contributed by atoms with E-state index < -0.39 is 0 Å². The van der Waals surface area contributed by atoms with Crippen molar-refractivity contribution in [1.29, 1.82) is 0 Å². The predicted molar refractivity (Wildman–Crippen MR) is 71.6 cm³/mol. The Labute approximate surface area is 111 Å². The van der Waals surface area contributed by atoms with E-state index in [0.29, 0.717) is 26.1 Å². The standard InChI is InChI=1S/C14H28O4/c1-7-17-12(15)8-9-14(4,5)18-11-10-13(2,3)16-6/h7-11H2,1-6H3. The Morgan fingerprint density at radius 3 is 2.17 bits per heavy atom. The number of carbonyl (C=O) groups is 1. The van der Waals surface area contributed by atoms with Gasteiger partial charge in [-0.25, -0.2) is 0 Å². The lowest BCUT2D eigenvalue weighted by Crippen LogP contribution is -2.30. The van der Waals surface area contributed by atoms with E-state index in [1.165, 1.54) is 0 Å². The lowest BCUT2D eigenvalue weighted by Gasteiger charge is -2.28. The van der Waals surface area contributed by atoms with E-state index in [4.69, 9.17) is 14.2 Å². The van der Waals surface area contributed by atoms with Crippen LogP contribution in [0.3, 0.4) is 0 Å². The first-order valence-electron chi connectivity index (χ1n) is 6.57. The van der Waals surface area contributed by atoms with Crippen LogP contribution in [0.15, 0.2) is 0 Å². The van der Waals surface area contributed by atoms with Gasteiger partial charge in [0.05, 0.1) is 24.4 Å². The molecule has 0 aliphatic carbocycles. The molecule has 0 aromatic rings. The molecule has 4 nitrogen and oxygen atoms in total. The molecule has 0 amide bonds. The molecule has 0 aromatic heterocycles. The van der Waals surface area contributed by atoms with Crippen molar-refractivity contribution in [2.45, 2.75) is 65.1 Å². The summed E-state index contributed by atoms with van der Waals surface area (Å²) in [6.45, 7) is 10.9.